The zero-order chi connectivity index (χ0) is 27.2. The Morgan fingerprint density at radius 3 is 2.68 bits per heavy atom. The van der Waals surface area contributed by atoms with Crippen LogP contribution in [0.25, 0.3) is 10.8 Å². The number of carbonyl (C=O) groups excluding carboxylic acids is 1. The number of nitrogen functional groups attached to an aromatic ring is 1. The summed E-state index contributed by atoms with van der Waals surface area (Å²) in [4.78, 5) is 32.1. The highest BCUT2D eigenvalue weighted by atomic mass is 32.2. The molecule has 0 aliphatic carbocycles. The number of carboxylic acid groups (broad SMARTS) is 1. The summed E-state index contributed by atoms with van der Waals surface area (Å²) in [6, 6.07) is 9.19. The summed E-state index contributed by atoms with van der Waals surface area (Å²) in [6.45, 7) is 2.64. The maximum absolute atomic E-state index is 13.6. The van der Waals surface area contributed by atoms with E-state index >= 15 is 0 Å². The van der Waals surface area contributed by atoms with Crippen molar-refractivity contribution >= 4 is 49.8 Å². The number of fused-ring (bicyclic) bond motifs is 2. The second kappa shape index (κ2) is 10.1. The summed E-state index contributed by atoms with van der Waals surface area (Å²) < 4.78 is 28.3. The van der Waals surface area contributed by atoms with Gasteiger partial charge in [-0.3, -0.25) is 15.0 Å². The van der Waals surface area contributed by atoms with Crippen molar-refractivity contribution in [2.75, 3.05) is 19.6 Å². The van der Waals surface area contributed by atoms with E-state index in [9.17, 15) is 23.1 Å². The minimum atomic E-state index is -3.96. The van der Waals surface area contributed by atoms with Crippen molar-refractivity contribution < 1.29 is 23.1 Å². The van der Waals surface area contributed by atoms with Crippen LogP contribution in [0.2, 0.25) is 0 Å². The summed E-state index contributed by atoms with van der Waals surface area (Å²) in [5.41, 5.74) is 6.98. The number of sulfonamides is 1. The third-order valence-corrected chi connectivity index (χ3v) is 9.90. The van der Waals surface area contributed by atoms with Gasteiger partial charge < -0.3 is 21.1 Å². The van der Waals surface area contributed by atoms with Crippen molar-refractivity contribution in [2.24, 2.45) is 5.73 Å². The number of nitrogens with one attached hydrogen (secondary N) is 2. The van der Waals surface area contributed by atoms with E-state index in [4.69, 9.17) is 11.1 Å². The van der Waals surface area contributed by atoms with Gasteiger partial charge in [0.25, 0.3) is 5.91 Å². The third kappa shape index (κ3) is 5.01. The van der Waals surface area contributed by atoms with Crippen molar-refractivity contribution in [2.45, 2.75) is 43.3 Å². The van der Waals surface area contributed by atoms with Crippen molar-refractivity contribution in [3.63, 3.8) is 0 Å². The van der Waals surface area contributed by atoms with E-state index in [0.29, 0.717) is 28.9 Å². The molecule has 13 heteroatoms. The Balaban J connectivity index is 1.39. The number of hydrogen-bond donors (Lipinski definition) is 4. The molecule has 2 aliphatic heterocycles. The number of aromatic nitrogens is 1. The van der Waals surface area contributed by atoms with E-state index in [1.54, 1.807) is 30.3 Å². The summed E-state index contributed by atoms with van der Waals surface area (Å²) in [7, 11) is -3.96. The molecule has 0 radical (unpaired) electrons. The molecule has 0 saturated carbocycles. The lowest BCUT2D eigenvalue weighted by molar-refractivity contribution is -0.138. The number of aliphatic carboxylic acids is 1. The highest BCUT2D eigenvalue weighted by Crippen LogP contribution is 2.29. The number of nitrogens with two attached hydrogens (primary N) is 1. The van der Waals surface area contributed by atoms with Gasteiger partial charge in [0, 0.05) is 49.1 Å². The highest BCUT2D eigenvalue weighted by Gasteiger charge is 2.39. The quantitative estimate of drug-likeness (QED) is 0.262. The number of carbonyl (C=O) groups is 2. The molecule has 5 rings (SSSR count). The van der Waals surface area contributed by atoms with Crippen molar-refractivity contribution in [3.8, 4) is 0 Å². The van der Waals surface area contributed by atoms with Crippen molar-refractivity contribution in [1.29, 1.82) is 5.41 Å². The molecular weight excluding hydrogens is 528 g/mol. The SMILES string of the molecule is CC1Cc2nc(C(=O)N3CCN(S(=O)(=O)c4ccc5cc(C(=N)N)ccc5c4)CC3CC(=O)O)sc2CN1. The highest BCUT2D eigenvalue weighted by molar-refractivity contribution is 7.89. The van der Waals surface area contributed by atoms with E-state index in [1.165, 1.54) is 26.6 Å². The molecule has 1 aromatic heterocycles. The number of thiazole rings is 1. The molecule has 0 spiro atoms. The predicted molar refractivity (Wildman–Crippen MR) is 143 cm³/mol. The van der Waals surface area contributed by atoms with Crippen LogP contribution in [0, 0.1) is 5.41 Å². The lowest BCUT2D eigenvalue weighted by Crippen LogP contribution is -2.57. The fourth-order valence-electron chi connectivity index (χ4n) is 4.91. The number of nitrogens with zero attached hydrogens (tertiary/aromatic N) is 3. The molecule has 3 aromatic rings. The van der Waals surface area contributed by atoms with Crippen LogP contribution < -0.4 is 11.1 Å². The predicted octanol–water partition coefficient (Wildman–Crippen LogP) is 1.60. The molecule has 0 bridgehead atoms. The Bertz CT molecular complexity index is 1550. The Labute approximate surface area is 223 Å². The molecule has 2 aliphatic rings. The average molecular weight is 557 g/mol. The first-order valence-electron chi connectivity index (χ1n) is 12.2. The van der Waals surface area contributed by atoms with E-state index < -0.39 is 22.0 Å². The van der Waals surface area contributed by atoms with Gasteiger partial charge in [-0.05, 0) is 35.9 Å². The Kier molecular flexibility index (Phi) is 6.94. The van der Waals surface area contributed by atoms with Gasteiger partial charge in [0.2, 0.25) is 10.0 Å². The molecule has 1 fully saturated rings. The van der Waals surface area contributed by atoms with Gasteiger partial charge >= 0.3 is 5.97 Å². The third-order valence-electron chi connectivity index (χ3n) is 6.95. The normalized spacial score (nSPS) is 20.3. The van der Waals surface area contributed by atoms with Crippen LogP contribution in [0.4, 0.5) is 0 Å². The number of amidine groups is 1. The average Bonchev–Trinajstić information content (AvgIpc) is 3.30. The zero-order valence-corrected chi connectivity index (χ0v) is 22.3. The standard InChI is InChI=1S/C25H28N6O5S2/c1-14-8-20-21(12-28-14)37-24(29-20)25(34)31-7-6-30(13-18(31)11-22(32)33)38(35,36)19-5-4-15-9-17(23(26)27)3-2-16(15)10-19/h2-5,9-10,14,18,28H,6-8,11-13H2,1H3,(H3,26,27)(H,32,33). The van der Waals surface area contributed by atoms with Crippen LogP contribution >= 0.6 is 11.3 Å². The fraction of sp³-hybridized carbons (Fsp3) is 0.360. The molecule has 2 aromatic carbocycles. The molecule has 200 valence electrons. The second-order valence-electron chi connectivity index (χ2n) is 9.63. The van der Waals surface area contributed by atoms with Crippen molar-refractivity contribution in [1.82, 2.24) is 19.5 Å². The minimum absolute atomic E-state index is 0.0369. The van der Waals surface area contributed by atoms with Gasteiger partial charge in [-0.25, -0.2) is 13.4 Å². The number of piperazine rings is 1. The number of benzene rings is 2. The Morgan fingerprint density at radius 1 is 1.21 bits per heavy atom. The maximum Gasteiger partial charge on any atom is 0.305 e. The first-order chi connectivity index (χ1) is 18.0. The first kappa shape index (κ1) is 26.2. The molecule has 2 atom stereocenters. The summed E-state index contributed by atoms with van der Waals surface area (Å²) in [5, 5.41) is 22.2. The van der Waals surface area contributed by atoms with Crippen LogP contribution in [-0.2, 0) is 27.8 Å². The monoisotopic (exact) mass is 556 g/mol. The van der Waals surface area contributed by atoms with Gasteiger partial charge in [-0.15, -0.1) is 11.3 Å². The van der Waals surface area contributed by atoms with Gasteiger partial charge in [0.1, 0.15) is 5.84 Å². The van der Waals surface area contributed by atoms with Gasteiger partial charge in [0.15, 0.2) is 5.01 Å². The molecule has 3 heterocycles. The lowest BCUT2D eigenvalue weighted by atomic mass is 10.1. The van der Waals surface area contributed by atoms with Crippen LogP contribution in [0.1, 0.15) is 39.3 Å². The lowest BCUT2D eigenvalue weighted by Gasteiger charge is -2.39. The minimum Gasteiger partial charge on any atom is -0.481 e. The maximum atomic E-state index is 13.6. The number of hydrogen-bond acceptors (Lipinski definition) is 8. The molecule has 5 N–H and O–H groups in total. The first-order valence-corrected chi connectivity index (χ1v) is 14.4. The van der Waals surface area contributed by atoms with E-state index in [-0.39, 0.29) is 48.7 Å². The van der Waals surface area contributed by atoms with Crippen LogP contribution in [-0.4, -0.2) is 77.1 Å². The number of rotatable bonds is 6. The second-order valence-corrected chi connectivity index (χ2v) is 12.6. The van der Waals surface area contributed by atoms with E-state index in [2.05, 4.69) is 10.3 Å². The largest absolute Gasteiger partial charge is 0.481 e. The summed E-state index contributed by atoms with van der Waals surface area (Å²) >= 11 is 1.30. The van der Waals surface area contributed by atoms with E-state index in [1.807, 2.05) is 6.92 Å². The number of carboxylic acids is 1. The van der Waals surface area contributed by atoms with Crippen LogP contribution in [0.3, 0.4) is 0 Å². The molecular formula is C25H28N6O5S2. The van der Waals surface area contributed by atoms with Gasteiger partial charge in [-0.1, -0.05) is 18.2 Å². The molecule has 1 saturated heterocycles. The molecule has 11 nitrogen and oxygen atoms in total. The zero-order valence-electron chi connectivity index (χ0n) is 20.7. The Hall–Kier alpha value is -3.39. The molecule has 1 amide bonds. The fourth-order valence-corrected chi connectivity index (χ4v) is 7.41. The van der Waals surface area contributed by atoms with Crippen LogP contribution in [0.15, 0.2) is 41.3 Å². The Morgan fingerprint density at radius 2 is 1.95 bits per heavy atom. The summed E-state index contributed by atoms with van der Waals surface area (Å²) in [5.74, 6) is -1.56. The smallest absolute Gasteiger partial charge is 0.305 e. The summed E-state index contributed by atoms with van der Waals surface area (Å²) in [6.07, 6.45) is 0.332. The van der Waals surface area contributed by atoms with Crippen LogP contribution in [0.5, 0.6) is 0 Å². The topological polar surface area (TPSA) is 170 Å². The van der Waals surface area contributed by atoms with Gasteiger partial charge in [0.05, 0.1) is 23.1 Å². The van der Waals surface area contributed by atoms with Gasteiger partial charge in [-0.2, -0.15) is 4.31 Å². The molecule has 2 unspecified atom stereocenters. The number of amides is 1. The molecule has 38 heavy (non-hydrogen) atoms. The van der Waals surface area contributed by atoms with Crippen molar-refractivity contribution in [3.05, 3.63) is 57.5 Å². The van der Waals surface area contributed by atoms with E-state index in [0.717, 1.165) is 16.0 Å².